The number of hydrogen-bond acceptors (Lipinski definition) is 2. The summed E-state index contributed by atoms with van der Waals surface area (Å²) in [6.07, 6.45) is 1.28. The predicted molar refractivity (Wildman–Crippen MR) is 55.2 cm³/mol. The van der Waals surface area contributed by atoms with Crippen molar-refractivity contribution in [2.24, 2.45) is 0 Å². The zero-order valence-electron chi connectivity index (χ0n) is 7.21. The van der Waals surface area contributed by atoms with E-state index in [2.05, 4.69) is 22.5 Å². The van der Waals surface area contributed by atoms with Crippen LogP contribution in [0.2, 0.25) is 0 Å². The van der Waals surface area contributed by atoms with Crippen molar-refractivity contribution in [3.63, 3.8) is 0 Å². The highest BCUT2D eigenvalue weighted by molar-refractivity contribution is 9.10. The fraction of sp³-hybridized carbons (Fsp3) is 0.100. The molecule has 2 nitrogen and oxygen atoms in total. The number of carbonyl (C=O) groups excluding carboxylic acids is 1. The van der Waals surface area contributed by atoms with E-state index < -0.39 is 0 Å². The normalized spacial score (nSPS) is 9.38. The van der Waals surface area contributed by atoms with Crippen LogP contribution in [0.5, 0.6) is 5.75 Å². The van der Waals surface area contributed by atoms with Crippen molar-refractivity contribution in [3.05, 3.63) is 40.9 Å². The molecule has 1 aromatic rings. The Morgan fingerprint density at radius 1 is 1.62 bits per heavy atom. The Morgan fingerprint density at radius 2 is 2.31 bits per heavy atom. The molecule has 3 heteroatoms. The lowest BCUT2D eigenvalue weighted by atomic mass is 10.1. The number of carbonyl (C=O) groups is 1. The van der Waals surface area contributed by atoms with Crippen molar-refractivity contribution in [1.29, 1.82) is 0 Å². The second kappa shape index (κ2) is 4.23. The number of hydrogen-bond donors (Lipinski definition) is 0. The number of ketones is 1. The van der Waals surface area contributed by atoms with Gasteiger partial charge < -0.3 is 4.74 Å². The minimum absolute atomic E-state index is 0.120. The number of halogens is 1. The molecular weight excluding hydrogens is 232 g/mol. The zero-order valence-corrected chi connectivity index (χ0v) is 8.80. The summed E-state index contributed by atoms with van der Waals surface area (Å²) in [5.74, 6) is 0.541. The standard InChI is InChI=1S/C10H9BrO2/c1-3-10(12)8-6-7(13-2)4-5-9(8)11/h3-6H,1H2,2H3. The Balaban J connectivity index is 3.18. The molecule has 0 saturated carbocycles. The molecule has 68 valence electrons. The van der Waals surface area contributed by atoms with Gasteiger partial charge in [0.2, 0.25) is 0 Å². The maximum atomic E-state index is 11.3. The van der Waals surface area contributed by atoms with Crippen LogP contribution < -0.4 is 4.74 Å². The molecule has 0 atom stereocenters. The Kier molecular flexibility index (Phi) is 3.25. The average molecular weight is 241 g/mol. The molecule has 0 fully saturated rings. The minimum atomic E-state index is -0.120. The summed E-state index contributed by atoms with van der Waals surface area (Å²) >= 11 is 3.28. The lowest BCUT2D eigenvalue weighted by Gasteiger charge is -2.03. The van der Waals surface area contributed by atoms with Gasteiger partial charge in [-0.2, -0.15) is 0 Å². The molecule has 0 spiro atoms. The topological polar surface area (TPSA) is 26.3 Å². The minimum Gasteiger partial charge on any atom is -0.497 e. The highest BCUT2D eigenvalue weighted by atomic mass is 79.9. The van der Waals surface area contributed by atoms with E-state index in [1.54, 1.807) is 25.3 Å². The van der Waals surface area contributed by atoms with Crippen LogP contribution in [0.25, 0.3) is 0 Å². The largest absolute Gasteiger partial charge is 0.497 e. The number of rotatable bonds is 3. The predicted octanol–water partition coefficient (Wildman–Crippen LogP) is 2.83. The molecule has 0 unspecified atom stereocenters. The molecule has 0 N–H and O–H groups in total. The van der Waals surface area contributed by atoms with Crippen LogP contribution in [-0.4, -0.2) is 12.9 Å². The van der Waals surface area contributed by atoms with Gasteiger partial charge in [-0.05, 0) is 24.3 Å². The summed E-state index contributed by atoms with van der Waals surface area (Å²) in [6.45, 7) is 3.42. The van der Waals surface area contributed by atoms with Gasteiger partial charge in [0, 0.05) is 10.0 Å². The molecule has 1 aromatic carbocycles. The third-order valence-electron chi connectivity index (χ3n) is 1.62. The van der Waals surface area contributed by atoms with Crippen LogP contribution in [0.3, 0.4) is 0 Å². The van der Waals surface area contributed by atoms with Crippen molar-refractivity contribution in [2.45, 2.75) is 0 Å². The second-order valence-corrected chi connectivity index (χ2v) is 3.27. The lowest BCUT2D eigenvalue weighted by Crippen LogP contribution is -1.96. The van der Waals surface area contributed by atoms with E-state index >= 15 is 0 Å². The van der Waals surface area contributed by atoms with Crippen LogP contribution in [0.15, 0.2) is 35.3 Å². The molecule has 0 aromatic heterocycles. The Labute approximate surface area is 85.3 Å². The second-order valence-electron chi connectivity index (χ2n) is 2.41. The fourth-order valence-corrected chi connectivity index (χ4v) is 1.37. The Hall–Kier alpha value is -1.09. The van der Waals surface area contributed by atoms with Crippen molar-refractivity contribution in [1.82, 2.24) is 0 Å². The van der Waals surface area contributed by atoms with Crippen molar-refractivity contribution < 1.29 is 9.53 Å². The molecule has 0 aliphatic rings. The Morgan fingerprint density at radius 3 is 2.85 bits per heavy atom. The lowest BCUT2D eigenvalue weighted by molar-refractivity contribution is 0.104. The van der Waals surface area contributed by atoms with E-state index in [1.165, 1.54) is 6.08 Å². The molecule has 0 aliphatic heterocycles. The zero-order chi connectivity index (χ0) is 9.84. The van der Waals surface area contributed by atoms with Crippen molar-refractivity contribution in [2.75, 3.05) is 7.11 Å². The quantitative estimate of drug-likeness (QED) is 0.600. The van der Waals surface area contributed by atoms with Crippen LogP contribution >= 0.6 is 15.9 Å². The van der Waals surface area contributed by atoms with Crippen molar-refractivity contribution in [3.8, 4) is 5.75 Å². The van der Waals surface area contributed by atoms with E-state index in [4.69, 9.17) is 4.74 Å². The van der Waals surface area contributed by atoms with Crippen LogP contribution in [0.1, 0.15) is 10.4 Å². The summed E-state index contributed by atoms with van der Waals surface area (Å²) < 4.78 is 5.75. The molecule has 0 heterocycles. The van der Waals surface area contributed by atoms with Gasteiger partial charge in [0.25, 0.3) is 0 Å². The summed E-state index contributed by atoms with van der Waals surface area (Å²) in [5.41, 5.74) is 0.564. The summed E-state index contributed by atoms with van der Waals surface area (Å²) in [5, 5.41) is 0. The van der Waals surface area contributed by atoms with Gasteiger partial charge in [0.05, 0.1) is 7.11 Å². The third kappa shape index (κ3) is 2.18. The van der Waals surface area contributed by atoms with Crippen LogP contribution in [0, 0.1) is 0 Å². The molecule has 0 amide bonds. The molecule has 0 saturated heterocycles. The maximum absolute atomic E-state index is 11.3. The number of methoxy groups -OCH3 is 1. The maximum Gasteiger partial charge on any atom is 0.186 e. The smallest absolute Gasteiger partial charge is 0.186 e. The first-order valence-corrected chi connectivity index (χ1v) is 4.48. The van der Waals surface area contributed by atoms with E-state index in [0.29, 0.717) is 11.3 Å². The Bertz CT molecular complexity index is 345. The molecule has 1 rings (SSSR count). The molecule has 0 aliphatic carbocycles. The van der Waals surface area contributed by atoms with Gasteiger partial charge in [-0.15, -0.1) is 0 Å². The van der Waals surface area contributed by atoms with Gasteiger partial charge in [0.15, 0.2) is 5.78 Å². The van der Waals surface area contributed by atoms with Gasteiger partial charge in [-0.1, -0.05) is 22.5 Å². The van der Waals surface area contributed by atoms with E-state index in [9.17, 15) is 4.79 Å². The third-order valence-corrected chi connectivity index (χ3v) is 2.32. The first-order chi connectivity index (χ1) is 6.19. The van der Waals surface area contributed by atoms with E-state index in [1.807, 2.05) is 0 Å². The first-order valence-electron chi connectivity index (χ1n) is 3.69. The first kappa shape index (κ1) is 9.99. The van der Waals surface area contributed by atoms with Gasteiger partial charge in [-0.25, -0.2) is 0 Å². The molecule has 0 radical (unpaired) electrons. The van der Waals surface area contributed by atoms with E-state index in [-0.39, 0.29) is 5.78 Å². The monoisotopic (exact) mass is 240 g/mol. The summed E-state index contributed by atoms with van der Waals surface area (Å²) in [7, 11) is 1.56. The average Bonchev–Trinajstić information content (AvgIpc) is 2.17. The summed E-state index contributed by atoms with van der Waals surface area (Å²) in [6, 6.07) is 5.23. The number of allylic oxidation sites excluding steroid dienone is 1. The van der Waals surface area contributed by atoms with Gasteiger partial charge >= 0.3 is 0 Å². The molecule has 13 heavy (non-hydrogen) atoms. The SMILES string of the molecule is C=CC(=O)c1cc(OC)ccc1Br. The molecule has 0 bridgehead atoms. The highest BCUT2D eigenvalue weighted by Crippen LogP contribution is 2.22. The fourth-order valence-electron chi connectivity index (χ4n) is 0.930. The highest BCUT2D eigenvalue weighted by Gasteiger charge is 2.07. The molecular formula is C10H9BrO2. The number of benzene rings is 1. The number of ether oxygens (including phenoxy) is 1. The van der Waals surface area contributed by atoms with Gasteiger partial charge in [-0.3, -0.25) is 4.79 Å². The van der Waals surface area contributed by atoms with Crippen molar-refractivity contribution >= 4 is 21.7 Å². The van der Waals surface area contributed by atoms with Crippen LogP contribution in [-0.2, 0) is 0 Å². The van der Waals surface area contributed by atoms with Gasteiger partial charge in [0.1, 0.15) is 5.75 Å². The van der Waals surface area contributed by atoms with Crippen LogP contribution in [0.4, 0.5) is 0 Å². The van der Waals surface area contributed by atoms with E-state index in [0.717, 1.165) is 4.47 Å². The summed E-state index contributed by atoms with van der Waals surface area (Å²) in [4.78, 5) is 11.3.